The molecule has 1 aromatic heterocycles. The van der Waals surface area contributed by atoms with Gasteiger partial charge in [-0.3, -0.25) is 4.98 Å². The molecule has 3 rings (SSSR count). The number of hydrogen-bond donors (Lipinski definition) is 1. The first-order valence-electron chi connectivity index (χ1n) is 6.88. The van der Waals surface area contributed by atoms with E-state index in [0.29, 0.717) is 6.61 Å². The normalized spacial score (nSPS) is 12.5. The van der Waals surface area contributed by atoms with Crippen molar-refractivity contribution in [2.75, 3.05) is 7.11 Å². The molecule has 3 heteroatoms. The second-order valence-corrected chi connectivity index (χ2v) is 5.03. The monoisotopic (exact) mass is 279 g/mol. The Labute approximate surface area is 123 Å². The summed E-state index contributed by atoms with van der Waals surface area (Å²) < 4.78 is 5.10. The van der Waals surface area contributed by atoms with Crippen LogP contribution in [0.15, 0.2) is 60.9 Å². The van der Waals surface area contributed by atoms with Crippen LogP contribution >= 0.6 is 0 Å². The zero-order valence-electron chi connectivity index (χ0n) is 11.9. The Bertz CT molecular complexity index is 732. The van der Waals surface area contributed by atoms with Gasteiger partial charge in [-0.2, -0.15) is 0 Å². The number of aliphatic hydroxyl groups is 1. The molecule has 0 saturated heterocycles. The van der Waals surface area contributed by atoms with Crippen molar-refractivity contribution in [2.24, 2.45) is 0 Å². The predicted octanol–water partition coefficient (Wildman–Crippen LogP) is 3.46. The average Bonchev–Trinajstić information content (AvgIpc) is 2.55. The molecule has 3 nitrogen and oxygen atoms in total. The van der Waals surface area contributed by atoms with Gasteiger partial charge in [-0.05, 0) is 16.5 Å². The van der Waals surface area contributed by atoms with Gasteiger partial charge in [0, 0.05) is 30.5 Å². The van der Waals surface area contributed by atoms with E-state index in [4.69, 9.17) is 4.74 Å². The summed E-state index contributed by atoms with van der Waals surface area (Å²) in [4.78, 5) is 4.23. The molecule has 2 aromatic carbocycles. The molecule has 0 aliphatic rings. The first kappa shape index (κ1) is 13.7. The van der Waals surface area contributed by atoms with E-state index in [1.54, 1.807) is 13.3 Å². The number of aromatic nitrogens is 1. The lowest BCUT2D eigenvalue weighted by Gasteiger charge is -2.14. The Kier molecular flexibility index (Phi) is 3.95. The van der Waals surface area contributed by atoms with Crippen LogP contribution in [0, 0.1) is 0 Å². The van der Waals surface area contributed by atoms with Crippen LogP contribution < -0.4 is 0 Å². The van der Waals surface area contributed by atoms with Gasteiger partial charge in [-0.1, -0.05) is 48.5 Å². The third-order valence-corrected chi connectivity index (χ3v) is 3.60. The van der Waals surface area contributed by atoms with E-state index < -0.39 is 6.10 Å². The van der Waals surface area contributed by atoms with Crippen molar-refractivity contribution in [3.8, 4) is 0 Å². The molecule has 0 radical (unpaired) electrons. The number of fused-ring (bicyclic) bond motifs is 1. The van der Waals surface area contributed by atoms with Crippen molar-refractivity contribution in [3.63, 3.8) is 0 Å². The Morgan fingerprint density at radius 1 is 1.05 bits per heavy atom. The third-order valence-electron chi connectivity index (χ3n) is 3.60. The smallest absolute Gasteiger partial charge is 0.106 e. The van der Waals surface area contributed by atoms with Crippen LogP contribution in [0.1, 0.15) is 22.8 Å². The van der Waals surface area contributed by atoms with E-state index in [1.165, 1.54) is 0 Å². The summed E-state index contributed by atoms with van der Waals surface area (Å²) in [6.07, 6.45) is 2.86. The lowest BCUT2D eigenvalue weighted by molar-refractivity contribution is 0.184. The second kappa shape index (κ2) is 6.04. The summed E-state index contributed by atoms with van der Waals surface area (Å²) in [5.41, 5.74) is 2.77. The number of nitrogens with zero attached hydrogens (tertiary/aromatic N) is 1. The Morgan fingerprint density at radius 2 is 1.81 bits per heavy atom. The van der Waals surface area contributed by atoms with Crippen molar-refractivity contribution in [2.45, 2.75) is 12.7 Å². The highest BCUT2D eigenvalue weighted by molar-refractivity contribution is 5.85. The van der Waals surface area contributed by atoms with E-state index in [-0.39, 0.29) is 0 Å². The summed E-state index contributed by atoms with van der Waals surface area (Å²) in [6.45, 7) is 0.576. The first-order chi connectivity index (χ1) is 10.3. The van der Waals surface area contributed by atoms with Gasteiger partial charge in [0.2, 0.25) is 0 Å². The third kappa shape index (κ3) is 2.79. The van der Waals surface area contributed by atoms with Gasteiger partial charge in [0.25, 0.3) is 0 Å². The maximum atomic E-state index is 10.6. The van der Waals surface area contributed by atoms with Crippen LogP contribution in [0.25, 0.3) is 10.8 Å². The Balaban J connectivity index is 1.98. The Morgan fingerprint density at radius 3 is 2.57 bits per heavy atom. The zero-order chi connectivity index (χ0) is 14.7. The highest BCUT2D eigenvalue weighted by atomic mass is 16.5. The summed E-state index contributed by atoms with van der Waals surface area (Å²) in [7, 11) is 1.67. The van der Waals surface area contributed by atoms with Gasteiger partial charge in [-0.25, -0.2) is 0 Å². The van der Waals surface area contributed by atoms with E-state index in [2.05, 4.69) is 4.98 Å². The van der Waals surface area contributed by atoms with Gasteiger partial charge in [-0.15, -0.1) is 0 Å². The van der Waals surface area contributed by atoms with Crippen molar-refractivity contribution < 1.29 is 9.84 Å². The lowest BCUT2D eigenvalue weighted by atomic mass is 9.97. The van der Waals surface area contributed by atoms with Crippen LogP contribution in [-0.4, -0.2) is 17.2 Å². The molecule has 3 aromatic rings. The van der Waals surface area contributed by atoms with E-state index in [0.717, 1.165) is 27.5 Å². The average molecular weight is 279 g/mol. The molecule has 21 heavy (non-hydrogen) atoms. The van der Waals surface area contributed by atoms with E-state index in [1.807, 2.05) is 54.7 Å². The number of aliphatic hydroxyl groups excluding tert-OH is 1. The molecule has 0 amide bonds. The molecule has 0 aliphatic carbocycles. The lowest BCUT2D eigenvalue weighted by Crippen LogP contribution is -2.01. The van der Waals surface area contributed by atoms with Gasteiger partial charge >= 0.3 is 0 Å². The molecule has 1 N–H and O–H groups in total. The standard InChI is InChI=1S/C18H17NO2/c1-21-12-13-6-8-14(9-7-13)18(20)17-11-19-10-15-4-2-3-5-16(15)17/h2-11,18,20H,12H2,1H3. The van der Waals surface area contributed by atoms with Gasteiger partial charge < -0.3 is 9.84 Å². The molecule has 106 valence electrons. The fourth-order valence-corrected chi connectivity index (χ4v) is 2.50. The number of pyridine rings is 1. The molecular weight excluding hydrogens is 262 g/mol. The molecule has 0 aliphatic heterocycles. The molecule has 0 fully saturated rings. The minimum Gasteiger partial charge on any atom is -0.384 e. The summed E-state index contributed by atoms with van der Waals surface area (Å²) >= 11 is 0. The molecule has 1 atom stereocenters. The Hall–Kier alpha value is -2.23. The maximum absolute atomic E-state index is 10.6. The second-order valence-electron chi connectivity index (χ2n) is 5.03. The molecule has 1 heterocycles. The van der Waals surface area contributed by atoms with Crippen LogP contribution in [0.2, 0.25) is 0 Å². The minimum atomic E-state index is -0.680. The topological polar surface area (TPSA) is 42.4 Å². The molecular formula is C18H17NO2. The fraction of sp³-hybridized carbons (Fsp3) is 0.167. The number of ether oxygens (including phenoxy) is 1. The van der Waals surface area contributed by atoms with Gasteiger partial charge in [0.15, 0.2) is 0 Å². The number of methoxy groups -OCH3 is 1. The van der Waals surface area contributed by atoms with Crippen LogP contribution in [0.3, 0.4) is 0 Å². The first-order valence-corrected chi connectivity index (χ1v) is 6.88. The summed E-state index contributed by atoms with van der Waals surface area (Å²) in [5, 5.41) is 12.7. The quantitative estimate of drug-likeness (QED) is 0.795. The van der Waals surface area contributed by atoms with Crippen molar-refractivity contribution in [1.82, 2.24) is 4.98 Å². The van der Waals surface area contributed by atoms with Gasteiger partial charge in [0.05, 0.1) is 6.61 Å². The highest BCUT2D eigenvalue weighted by Gasteiger charge is 2.13. The van der Waals surface area contributed by atoms with Crippen LogP contribution in [-0.2, 0) is 11.3 Å². The number of hydrogen-bond acceptors (Lipinski definition) is 3. The fourth-order valence-electron chi connectivity index (χ4n) is 2.50. The van der Waals surface area contributed by atoms with Gasteiger partial charge in [0.1, 0.15) is 6.10 Å². The maximum Gasteiger partial charge on any atom is 0.106 e. The zero-order valence-corrected chi connectivity index (χ0v) is 11.9. The van der Waals surface area contributed by atoms with E-state index in [9.17, 15) is 5.11 Å². The summed E-state index contributed by atoms with van der Waals surface area (Å²) in [5.74, 6) is 0. The number of benzene rings is 2. The van der Waals surface area contributed by atoms with Crippen molar-refractivity contribution in [3.05, 3.63) is 77.6 Å². The molecule has 0 bridgehead atoms. The van der Waals surface area contributed by atoms with Crippen LogP contribution in [0.4, 0.5) is 0 Å². The van der Waals surface area contributed by atoms with E-state index >= 15 is 0 Å². The molecule has 0 spiro atoms. The molecule has 0 saturated carbocycles. The minimum absolute atomic E-state index is 0.576. The molecule has 1 unspecified atom stereocenters. The summed E-state index contributed by atoms with van der Waals surface area (Å²) in [6, 6.07) is 15.8. The highest BCUT2D eigenvalue weighted by Crippen LogP contribution is 2.28. The SMILES string of the molecule is COCc1ccc(C(O)c2cncc3ccccc23)cc1. The predicted molar refractivity (Wildman–Crippen MR) is 83.0 cm³/mol. The van der Waals surface area contributed by atoms with Crippen molar-refractivity contribution >= 4 is 10.8 Å². The van der Waals surface area contributed by atoms with Crippen LogP contribution in [0.5, 0.6) is 0 Å². The number of rotatable bonds is 4. The largest absolute Gasteiger partial charge is 0.384 e. The van der Waals surface area contributed by atoms with Crippen molar-refractivity contribution in [1.29, 1.82) is 0 Å².